The maximum absolute atomic E-state index is 4.10. The van der Waals surface area contributed by atoms with Crippen LogP contribution in [-0.2, 0) is 13.1 Å². The number of aromatic nitrogens is 2. The van der Waals surface area contributed by atoms with Gasteiger partial charge in [-0.25, -0.2) is 0 Å². The van der Waals surface area contributed by atoms with Crippen LogP contribution in [0, 0.1) is 13.8 Å². The molecule has 1 N–H and O–H groups in total. The molecule has 3 rings (SSSR count). The molecule has 2 aromatic heterocycles. The molecule has 0 aliphatic heterocycles. The van der Waals surface area contributed by atoms with Crippen molar-refractivity contribution in [3.05, 3.63) is 69.9 Å². The average Bonchev–Trinajstić information content (AvgIpc) is 3.09. The van der Waals surface area contributed by atoms with Gasteiger partial charge in [0.1, 0.15) is 0 Å². The third-order valence-electron chi connectivity index (χ3n) is 3.65. The van der Waals surface area contributed by atoms with Gasteiger partial charge in [-0.3, -0.25) is 4.98 Å². The van der Waals surface area contributed by atoms with Crippen LogP contribution in [0.1, 0.15) is 21.8 Å². The highest BCUT2D eigenvalue weighted by Crippen LogP contribution is 2.20. The number of nitrogens with one attached hydrogen (secondary N) is 1. The Kier molecular flexibility index (Phi) is 4.18. The lowest BCUT2D eigenvalue weighted by Gasteiger charge is -2.10. The average molecular weight is 297 g/mol. The molecule has 1 aromatic carbocycles. The number of thiazole rings is 1. The van der Waals surface area contributed by atoms with E-state index in [0.29, 0.717) is 0 Å². The van der Waals surface area contributed by atoms with Gasteiger partial charge in [-0.05, 0) is 37.6 Å². The molecule has 0 aliphatic carbocycles. The molecular formula is C17H19N3S. The van der Waals surface area contributed by atoms with Crippen LogP contribution in [0.5, 0.6) is 0 Å². The van der Waals surface area contributed by atoms with Crippen molar-refractivity contribution in [3.8, 4) is 5.69 Å². The zero-order valence-corrected chi connectivity index (χ0v) is 13.2. The highest BCUT2D eigenvalue weighted by molar-refractivity contribution is 7.09. The molecule has 0 bridgehead atoms. The number of hydrogen-bond acceptors (Lipinski definition) is 3. The van der Waals surface area contributed by atoms with Gasteiger partial charge in [0.25, 0.3) is 0 Å². The summed E-state index contributed by atoms with van der Waals surface area (Å²) in [6, 6.07) is 12.8. The molecule has 4 heteroatoms. The topological polar surface area (TPSA) is 29.9 Å². The van der Waals surface area contributed by atoms with Crippen LogP contribution in [-0.4, -0.2) is 9.55 Å². The van der Waals surface area contributed by atoms with Crippen molar-refractivity contribution < 1.29 is 0 Å². The molecule has 0 unspecified atom stereocenters. The number of benzene rings is 1. The molecule has 2 heterocycles. The minimum Gasteiger partial charge on any atom is -0.318 e. The summed E-state index contributed by atoms with van der Waals surface area (Å²) < 4.78 is 2.31. The molecule has 108 valence electrons. The fraction of sp³-hybridized carbons (Fsp3) is 0.235. The van der Waals surface area contributed by atoms with E-state index < -0.39 is 0 Å². The van der Waals surface area contributed by atoms with Crippen LogP contribution in [0.4, 0.5) is 0 Å². The summed E-state index contributed by atoms with van der Waals surface area (Å²) in [5.74, 6) is 0. The fourth-order valence-electron chi connectivity index (χ4n) is 2.63. The van der Waals surface area contributed by atoms with Gasteiger partial charge in [0, 0.05) is 41.2 Å². The second-order valence-corrected chi connectivity index (χ2v) is 6.11. The maximum Gasteiger partial charge on any atom is 0.0794 e. The van der Waals surface area contributed by atoms with Gasteiger partial charge in [-0.2, -0.15) is 0 Å². The van der Waals surface area contributed by atoms with Crippen LogP contribution in [0.25, 0.3) is 5.69 Å². The van der Waals surface area contributed by atoms with Crippen molar-refractivity contribution in [2.75, 3.05) is 0 Å². The monoisotopic (exact) mass is 297 g/mol. The lowest BCUT2D eigenvalue weighted by atomic mass is 10.2. The van der Waals surface area contributed by atoms with Crippen molar-refractivity contribution >= 4 is 11.3 Å². The molecule has 0 saturated heterocycles. The second kappa shape index (κ2) is 6.24. The molecule has 0 fully saturated rings. The molecule has 0 atom stereocenters. The van der Waals surface area contributed by atoms with Crippen LogP contribution >= 0.6 is 11.3 Å². The summed E-state index contributed by atoms with van der Waals surface area (Å²) in [7, 11) is 0. The first-order chi connectivity index (χ1) is 10.3. The Morgan fingerprint density at radius 3 is 2.67 bits per heavy atom. The minimum absolute atomic E-state index is 0.875. The Morgan fingerprint density at radius 1 is 1.14 bits per heavy atom. The molecule has 3 aromatic rings. The first kappa shape index (κ1) is 14.0. The smallest absolute Gasteiger partial charge is 0.0794 e. The first-order valence-corrected chi connectivity index (χ1v) is 7.95. The summed E-state index contributed by atoms with van der Waals surface area (Å²) in [6.45, 7) is 6.10. The van der Waals surface area contributed by atoms with Crippen molar-refractivity contribution in [1.82, 2.24) is 14.9 Å². The van der Waals surface area contributed by atoms with Crippen molar-refractivity contribution in [1.29, 1.82) is 0 Å². The quantitative estimate of drug-likeness (QED) is 0.775. The van der Waals surface area contributed by atoms with Gasteiger partial charge < -0.3 is 9.88 Å². The molecule has 0 radical (unpaired) electrons. The Balaban J connectivity index is 1.75. The normalized spacial score (nSPS) is 11.0. The molecular weight excluding hydrogens is 278 g/mol. The van der Waals surface area contributed by atoms with Crippen molar-refractivity contribution in [2.24, 2.45) is 0 Å². The van der Waals surface area contributed by atoms with Gasteiger partial charge in [0.05, 0.1) is 5.51 Å². The number of aryl methyl sites for hydroxylation is 1. The zero-order valence-electron chi connectivity index (χ0n) is 12.3. The summed E-state index contributed by atoms with van der Waals surface area (Å²) in [5, 5.41) is 3.49. The Morgan fingerprint density at radius 2 is 1.95 bits per heavy atom. The van der Waals surface area contributed by atoms with E-state index in [1.54, 1.807) is 11.3 Å². The molecule has 3 nitrogen and oxygen atoms in total. The van der Waals surface area contributed by atoms with E-state index in [9.17, 15) is 0 Å². The predicted molar refractivity (Wildman–Crippen MR) is 87.9 cm³/mol. The van der Waals surface area contributed by atoms with Crippen LogP contribution in [0.15, 0.2) is 48.1 Å². The van der Waals surface area contributed by atoms with Crippen LogP contribution < -0.4 is 5.32 Å². The number of nitrogens with zero attached hydrogens (tertiary/aromatic N) is 2. The van der Waals surface area contributed by atoms with Gasteiger partial charge in [0.15, 0.2) is 0 Å². The first-order valence-electron chi connectivity index (χ1n) is 7.07. The lowest BCUT2D eigenvalue weighted by molar-refractivity contribution is 0.696. The predicted octanol–water partition coefficient (Wildman–Crippen LogP) is 3.84. The van der Waals surface area contributed by atoms with E-state index in [4.69, 9.17) is 0 Å². The summed E-state index contributed by atoms with van der Waals surface area (Å²) in [6.07, 6.45) is 1.92. The summed E-state index contributed by atoms with van der Waals surface area (Å²) in [5.41, 5.74) is 7.02. The van der Waals surface area contributed by atoms with E-state index in [1.165, 1.54) is 27.5 Å². The molecule has 0 saturated carbocycles. The van der Waals surface area contributed by atoms with Gasteiger partial charge in [0.2, 0.25) is 0 Å². The van der Waals surface area contributed by atoms with Gasteiger partial charge in [-0.15, -0.1) is 11.3 Å². The zero-order chi connectivity index (χ0) is 14.7. The van der Waals surface area contributed by atoms with E-state index in [0.717, 1.165) is 13.1 Å². The van der Waals surface area contributed by atoms with Gasteiger partial charge in [-0.1, -0.05) is 18.2 Å². The largest absolute Gasteiger partial charge is 0.318 e. The second-order valence-electron chi connectivity index (χ2n) is 5.14. The van der Waals surface area contributed by atoms with Crippen molar-refractivity contribution in [2.45, 2.75) is 26.9 Å². The molecule has 0 amide bonds. The van der Waals surface area contributed by atoms with E-state index in [2.05, 4.69) is 65.1 Å². The fourth-order valence-corrected chi connectivity index (χ4v) is 3.20. The maximum atomic E-state index is 4.10. The minimum atomic E-state index is 0.875. The highest BCUT2D eigenvalue weighted by atomic mass is 32.1. The summed E-state index contributed by atoms with van der Waals surface area (Å²) in [4.78, 5) is 5.37. The number of hydrogen-bond donors (Lipinski definition) is 1. The van der Waals surface area contributed by atoms with Gasteiger partial charge >= 0.3 is 0 Å². The molecule has 21 heavy (non-hydrogen) atoms. The van der Waals surface area contributed by atoms with E-state index >= 15 is 0 Å². The SMILES string of the molecule is Cc1cc(CNCc2cncs2)c(C)n1-c1ccccc1. The van der Waals surface area contributed by atoms with E-state index in [-0.39, 0.29) is 0 Å². The Labute approximate surface area is 129 Å². The lowest BCUT2D eigenvalue weighted by Crippen LogP contribution is -2.12. The van der Waals surface area contributed by atoms with E-state index in [1.807, 2.05) is 11.7 Å². The van der Waals surface area contributed by atoms with Crippen LogP contribution in [0.2, 0.25) is 0 Å². The third kappa shape index (κ3) is 3.06. The highest BCUT2D eigenvalue weighted by Gasteiger charge is 2.10. The Bertz CT molecular complexity index is 699. The molecule has 0 aliphatic rings. The standard InChI is InChI=1S/C17H19N3S/c1-13-8-15(9-18-10-17-11-19-12-21-17)14(2)20(13)16-6-4-3-5-7-16/h3-8,11-12,18H,9-10H2,1-2H3. The molecule has 0 spiro atoms. The number of para-hydroxylation sites is 1. The van der Waals surface area contributed by atoms with Crippen molar-refractivity contribution in [3.63, 3.8) is 0 Å². The number of rotatable bonds is 5. The third-order valence-corrected chi connectivity index (χ3v) is 4.43. The van der Waals surface area contributed by atoms with Crippen LogP contribution in [0.3, 0.4) is 0 Å². The summed E-state index contributed by atoms with van der Waals surface area (Å²) >= 11 is 1.69. The Hall–Kier alpha value is -1.91.